The Bertz CT molecular complexity index is 8.00. The summed E-state index contributed by atoms with van der Waals surface area (Å²) in [5.74, 6) is 0. The summed E-state index contributed by atoms with van der Waals surface area (Å²) in [6, 6.07) is 0. The van der Waals surface area contributed by atoms with E-state index in [1.54, 1.807) is 0 Å². The molecule has 4 heavy (non-hydrogen) atoms. The molecule has 0 fully saturated rings. The molecule has 0 aliphatic carbocycles. The fourth-order valence-corrected chi connectivity index (χ4v) is 0. The van der Waals surface area contributed by atoms with Crippen LogP contribution < -0.4 is 6.15 Å². The molecule has 0 spiro atoms. The van der Waals surface area contributed by atoms with Crippen LogP contribution in [0.4, 0.5) is 0 Å². The molecule has 5 N–H and O–H groups in total. The van der Waals surface area contributed by atoms with Gasteiger partial charge in [0.2, 0.25) is 0 Å². The summed E-state index contributed by atoms with van der Waals surface area (Å²) in [5.41, 5.74) is 0. The minimum atomic E-state index is 0. The van der Waals surface area contributed by atoms with Crippen LogP contribution in [0.2, 0.25) is 0 Å². The average Bonchev–Trinajstić information content (AvgIpc) is 0. The predicted octanol–water partition coefficient (Wildman–Crippen LogP) is -1.48. The average molecular weight is 128 g/mol. The molecular formula is CH13GeNO. The van der Waals surface area contributed by atoms with Crippen molar-refractivity contribution < 1.29 is 5.48 Å². The number of hydrogen-bond acceptors (Lipinski definition) is 1. The topological polar surface area (TPSA) is 66.5 Å². The summed E-state index contributed by atoms with van der Waals surface area (Å²) < 4.78 is 0. The van der Waals surface area contributed by atoms with Gasteiger partial charge in [-0.1, -0.05) is 7.43 Å². The molecule has 0 aromatic carbocycles. The Morgan fingerprint density at radius 2 is 1.00 bits per heavy atom. The van der Waals surface area contributed by atoms with Crippen molar-refractivity contribution >= 4 is 17.6 Å². The molecular weight excluding hydrogens is 115 g/mol. The van der Waals surface area contributed by atoms with Crippen molar-refractivity contribution in [2.75, 3.05) is 0 Å². The van der Waals surface area contributed by atoms with Gasteiger partial charge >= 0.3 is 17.6 Å². The molecule has 0 saturated heterocycles. The molecule has 0 aromatic rings. The maximum absolute atomic E-state index is 0. The van der Waals surface area contributed by atoms with Gasteiger partial charge in [0, 0.05) is 0 Å². The minimum absolute atomic E-state index is 0. The van der Waals surface area contributed by atoms with Gasteiger partial charge in [-0.15, -0.1) is 0 Å². The molecule has 0 radical (unpaired) electrons. The molecule has 2 nitrogen and oxygen atoms in total. The zero-order valence-corrected chi connectivity index (χ0v) is 1.21. The van der Waals surface area contributed by atoms with Crippen LogP contribution in [0.1, 0.15) is 7.43 Å². The van der Waals surface area contributed by atoms with Crippen LogP contribution in [0.3, 0.4) is 0 Å². The van der Waals surface area contributed by atoms with Crippen LogP contribution in [0, 0.1) is 0 Å². The second kappa shape index (κ2) is 98.0. The summed E-state index contributed by atoms with van der Waals surface area (Å²) in [7, 11) is 0. The van der Waals surface area contributed by atoms with Gasteiger partial charge in [-0.3, -0.25) is 0 Å². The summed E-state index contributed by atoms with van der Waals surface area (Å²) in [6.45, 7) is 0. The normalized spacial score (nSPS) is 0. The van der Waals surface area contributed by atoms with Crippen LogP contribution >= 0.6 is 0 Å². The Balaban J connectivity index is 0. The van der Waals surface area contributed by atoms with Crippen LogP contribution in [-0.2, 0) is 0 Å². The van der Waals surface area contributed by atoms with E-state index in [2.05, 4.69) is 0 Å². The van der Waals surface area contributed by atoms with E-state index in [9.17, 15) is 0 Å². The summed E-state index contributed by atoms with van der Waals surface area (Å²) in [5, 5.41) is 0. The Labute approximate surface area is 37.5 Å². The third kappa shape index (κ3) is 24.6. The first-order valence-electron chi connectivity index (χ1n) is 0. The molecule has 0 aromatic heterocycles. The van der Waals surface area contributed by atoms with Gasteiger partial charge in [0.15, 0.2) is 0 Å². The van der Waals surface area contributed by atoms with Crippen molar-refractivity contribution in [1.82, 2.24) is 6.15 Å². The molecule has 0 rings (SSSR count). The van der Waals surface area contributed by atoms with Crippen molar-refractivity contribution in [1.29, 1.82) is 0 Å². The molecule has 0 aliphatic rings. The Morgan fingerprint density at radius 3 is 1.00 bits per heavy atom. The molecule has 0 bridgehead atoms. The number of hydrogen-bond donors (Lipinski definition) is 1. The van der Waals surface area contributed by atoms with E-state index in [4.69, 9.17) is 0 Å². The first-order valence-corrected chi connectivity index (χ1v) is 0. The van der Waals surface area contributed by atoms with Crippen LogP contribution in [0.5, 0.6) is 0 Å². The summed E-state index contributed by atoms with van der Waals surface area (Å²) in [6.07, 6.45) is 0. The van der Waals surface area contributed by atoms with E-state index in [-0.39, 0.29) is 36.7 Å². The van der Waals surface area contributed by atoms with Crippen molar-refractivity contribution in [3.63, 3.8) is 0 Å². The summed E-state index contributed by atoms with van der Waals surface area (Å²) >= 11 is 0. The maximum atomic E-state index is 0. The quantitative estimate of drug-likeness (QED) is 0.397. The van der Waals surface area contributed by atoms with E-state index in [0.29, 0.717) is 0 Å². The standard InChI is InChI=1S/CH4.GeH4.H3N.H2O/h2*1H4;1H3;1H2. The third-order valence-corrected chi connectivity index (χ3v) is 0. The molecule has 0 unspecified atom stereocenters. The van der Waals surface area contributed by atoms with Gasteiger partial charge < -0.3 is 11.6 Å². The van der Waals surface area contributed by atoms with Gasteiger partial charge in [0.25, 0.3) is 0 Å². The molecule has 0 aliphatic heterocycles. The van der Waals surface area contributed by atoms with E-state index in [0.717, 1.165) is 0 Å². The fourth-order valence-electron chi connectivity index (χ4n) is 0. The Kier molecular flexibility index (Phi) is 6120. The first kappa shape index (κ1) is 250. The molecule has 0 saturated carbocycles. The van der Waals surface area contributed by atoms with Gasteiger partial charge in [0.1, 0.15) is 0 Å². The molecule has 3 heteroatoms. The van der Waals surface area contributed by atoms with Gasteiger partial charge in [-0.05, 0) is 0 Å². The SMILES string of the molecule is C.N.O.[GeH4]. The molecule has 32 valence electrons. The second-order valence-electron chi connectivity index (χ2n) is 0. The van der Waals surface area contributed by atoms with Crippen molar-refractivity contribution in [2.24, 2.45) is 0 Å². The molecule has 0 amide bonds. The Morgan fingerprint density at radius 1 is 1.00 bits per heavy atom. The van der Waals surface area contributed by atoms with E-state index < -0.39 is 0 Å². The monoisotopic (exact) mass is 129 g/mol. The Hall–Kier alpha value is 0.463. The van der Waals surface area contributed by atoms with Gasteiger partial charge in [0.05, 0.1) is 0 Å². The van der Waals surface area contributed by atoms with Crippen molar-refractivity contribution in [3.05, 3.63) is 0 Å². The second-order valence-corrected chi connectivity index (χ2v) is 0. The first-order chi connectivity index (χ1) is 0. The van der Waals surface area contributed by atoms with Crippen molar-refractivity contribution in [2.45, 2.75) is 7.43 Å². The fraction of sp³-hybridized carbons (Fsp3) is 1.00. The van der Waals surface area contributed by atoms with Crippen LogP contribution in [-0.4, -0.2) is 23.1 Å². The van der Waals surface area contributed by atoms with E-state index >= 15 is 0 Å². The molecule has 0 heterocycles. The van der Waals surface area contributed by atoms with Crippen LogP contribution in [0.25, 0.3) is 0 Å². The van der Waals surface area contributed by atoms with Crippen molar-refractivity contribution in [3.8, 4) is 0 Å². The molecule has 0 atom stereocenters. The van der Waals surface area contributed by atoms with Gasteiger partial charge in [-0.25, -0.2) is 0 Å². The van der Waals surface area contributed by atoms with Crippen LogP contribution in [0.15, 0.2) is 0 Å². The van der Waals surface area contributed by atoms with Gasteiger partial charge in [-0.2, -0.15) is 0 Å². The predicted molar refractivity (Wildman–Crippen MR) is 26.7 cm³/mol. The zero-order valence-electron chi connectivity index (χ0n) is 1.21. The number of rotatable bonds is 0. The summed E-state index contributed by atoms with van der Waals surface area (Å²) in [4.78, 5) is 0. The van der Waals surface area contributed by atoms with E-state index in [1.807, 2.05) is 0 Å². The van der Waals surface area contributed by atoms with E-state index in [1.165, 1.54) is 0 Å². The zero-order chi connectivity index (χ0) is 0. The third-order valence-electron chi connectivity index (χ3n) is 0.